The molecule has 1 heterocycles. The summed E-state index contributed by atoms with van der Waals surface area (Å²) in [6, 6.07) is 22.0. The first-order valence-corrected chi connectivity index (χ1v) is 10.6. The van der Waals surface area contributed by atoms with E-state index in [2.05, 4.69) is 20.2 Å². The molecule has 0 atom stereocenters. The minimum atomic E-state index is -3.68. The fourth-order valence-corrected chi connectivity index (χ4v) is 4.01. The van der Waals surface area contributed by atoms with Crippen molar-refractivity contribution in [1.82, 2.24) is 10.4 Å². The molecule has 0 saturated heterocycles. The Labute approximate surface area is 173 Å². The Morgan fingerprint density at radius 2 is 1.60 bits per heavy atom. The average Bonchev–Trinajstić information content (AvgIpc) is 3.18. The minimum Gasteiger partial charge on any atom is -0.361 e. The normalized spacial score (nSPS) is 11.6. The highest BCUT2D eigenvalue weighted by Crippen LogP contribution is 2.17. The van der Waals surface area contributed by atoms with Crippen molar-refractivity contribution < 1.29 is 13.2 Å². The summed E-state index contributed by atoms with van der Waals surface area (Å²) >= 11 is 0. The van der Waals surface area contributed by atoms with Gasteiger partial charge in [0, 0.05) is 33.9 Å². The molecule has 8 heteroatoms. The first kappa shape index (κ1) is 19.4. The molecule has 0 spiro atoms. The van der Waals surface area contributed by atoms with E-state index in [1.54, 1.807) is 24.4 Å². The van der Waals surface area contributed by atoms with E-state index < -0.39 is 15.9 Å². The van der Waals surface area contributed by atoms with Crippen LogP contribution in [-0.4, -0.2) is 25.5 Å². The lowest BCUT2D eigenvalue weighted by molar-refractivity contribution is 0.0955. The van der Waals surface area contributed by atoms with E-state index in [0.717, 1.165) is 16.5 Å². The van der Waals surface area contributed by atoms with Crippen molar-refractivity contribution in [3.8, 4) is 0 Å². The van der Waals surface area contributed by atoms with Crippen LogP contribution >= 0.6 is 0 Å². The van der Waals surface area contributed by atoms with Gasteiger partial charge in [-0.15, -0.1) is 0 Å². The first-order chi connectivity index (χ1) is 14.5. The summed E-state index contributed by atoms with van der Waals surface area (Å²) < 4.78 is 27.2. The number of hydrogen-bond acceptors (Lipinski definition) is 4. The summed E-state index contributed by atoms with van der Waals surface area (Å²) in [5.41, 5.74) is 5.03. The van der Waals surface area contributed by atoms with Crippen LogP contribution in [0.3, 0.4) is 0 Å². The number of rotatable bonds is 6. The van der Waals surface area contributed by atoms with Gasteiger partial charge in [-0.1, -0.05) is 36.4 Å². The predicted molar refractivity (Wildman–Crippen MR) is 117 cm³/mol. The number of nitrogens with zero attached hydrogens (tertiary/aromatic N) is 1. The third kappa shape index (κ3) is 4.23. The van der Waals surface area contributed by atoms with Crippen molar-refractivity contribution in [2.75, 3.05) is 4.72 Å². The SMILES string of the molecule is O=C(N/N=C/c1c[nH]c2ccccc12)c1ccc(NS(=O)(=O)c2ccccc2)cc1. The van der Waals surface area contributed by atoms with Crippen LogP contribution in [0.1, 0.15) is 15.9 Å². The van der Waals surface area contributed by atoms with Gasteiger partial charge in [0.2, 0.25) is 0 Å². The van der Waals surface area contributed by atoms with E-state index in [1.165, 1.54) is 36.4 Å². The second kappa shape index (κ2) is 8.22. The zero-order chi connectivity index (χ0) is 21.0. The Bertz CT molecular complexity index is 1310. The van der Waals surface area contributed by atoms with Crippen LogP contribution in [0.5, 0.6) is 0 Å². The Hall–Kier alpha value is -3.91. The molecule has 0 aliphatic carbocycles. The number of para-hydroxylation sites is 1. The summed E-state index contributed by atoms with van der Waals surface area (Å²) in [7, 11) is -3.68. The molecular formula is C22H18N4O3S. The molecule has 0 aliphatic heterocycles. The van der Waals surface area contributed by atoms with Gasteiger partial charge in [-0.25, -0.2) is 13.8 Å². The lowest BCUT2D eigenvalue weighted by Gasteiger charge is -2.08. The number of anilines is 1. The molecule has 4 aromatic rings. The first-order valence-electron chi connectivity index (χ1n) is 9.10. The van der Waals surface area contributed by atoms with Crippen LogP contribution in [0.4, 0.5) is 5.69 Å². The molecule has 1 aromatic heterocycles. The van der Waals surface area contributed by atoms with Crippen molar-refractivity contribution in [2.24, 2.45) is 5.10 Å². The van der Waals surface area contributed by atoms with E-state index in [0.29, 0.717) is 11.3 Å². The zero-order valence-electron chi connectivity index (χ0n) is 15.7. The number of hydrogen-bond donors (Lipinski definition) is 3. The van der Waals surface area contributed by atoms with Crippen molar-refractivity contribution in [2.45, 2.75) is 4.90 Å². The lowest BCUT2D eigenvalue weighted by atomic mass is 10.2. The number of carbonyl (C=O) groups is 1. The van der Waals surface area contributed by atoms with Crippen LogP contribution < -0.4 is 10.1 Å². The topological polar surface area (TPSA) is 103 Å². The van der Waals surface area contributed by atoms with E-state index in [-0.39, 0.29) is 4.90 Å². The molecule has 0 aliphatic rings. The Balaban J connectivity index is 1.41. The molecule has 3 N–H and O–H groups in total. The van der Waals surface area contributed by atoms with Gasteiger partial charge < -0.3 is 4.98 Å². The number of amides is 1. The molecule has 0 unspecified atom stereocenters. The highest BCUT2D eigenvalue weighted by Gasteiger charge is 2.13. The van der Waals surface area contributed by atoms with Crippen LogP contribution in [0, 0.1) is 0 Å². The summed E-state index contributed by atoms with van der Waals surface area (Å²) in [6.07, 6.45) is 3.38. The number of aromatic amines is 1. The summed E-state index contributed by atoms with van der Waals surface area (Å²) in [4.78, 5) is 15.6. The fourth-order valence-electron chi connectivity index (χ4n) is 2.93. The molecule has 0 saturated carbocycles. The molecule has 1 amide bonds. The quantitative estimate of drug-likeness (QED) is 0.328. The highest BCUT2D eigenvalue weighted by molar-refractivity contribution is 7.92. The molecule has 0 radical (unpaired) electrons. The number of sulfonamides is 1. The highest BCUT2D eigenvalue weighted by atomic mass is 32.2. The maximum absolute atomic E-state index is 12.4. The van der Waals surface area contributed by atoms with E-state index in [9.17, 15) is 13.2 Å². The smallest absolute Gasteiger partial charge is 0.271 e. The van der Waals surface area contributed by atoms with Gasteiger partial charge in [0.05, 0.1) is 11.1 Å². The molecular weight excluding hydrogens is 400 g/mol. The number of benzene rings is 3. The molecule has 7 nitrogen and oxygen atoms in total. The van der Waals surface area contributed by atoms with Gasteiger partial charge in [-0.3, -0.25) is 9.52 Å². The molecule has 3 aromatic carbocycles. The van der Waals surface area contributed by atoms with Gasteiger partial charge in [0.25, 0.3) is 15.9 Å². The van der Waals surface area contributed by atoms with Crippen LogP contribution in [0.25, 0.3) is 10.9 Å². The number of hydrazone groups is 1. The Morgan fingerprint density at radius 1 is 0.900 bits per heavy atom. The monoisotopic (exact) mass is 418 g/mol. The van der Waals surface area contributed by atoms with Crippen LogP contribution in [0.15, 0.2) is 95.1 Å². The van der Waals surface area contributed by atoms with E-state index >= 15 is 0 Å². The number of aromatic nitrogens is 1. The summed E-state index contributed by atoms with van der Waals surface area (Å²) in [5, 5.41) is 5.01. The maximum atomic E-state index is 12.4. The molecule has 0 bridgehead atoms. The number of nitrogens with one attached hydrogen (secondary N) is 3. The van der Waals surface area contributed by atoms with E-state index in [4.69, 9.17) is 0 Å². The molecule has 150 valence electrons. The molecule has 0 fully saturated rings. The number of H-pyrrole nitrogens is 1. The largest absolute Gasteiger partial charge is 0.361 e. The third-order valence-corrected chi connectivity index (χ3v) is 5.84. The zero-order valence-corrected chi connectivity index (χ0v) is 16.6. The second-order valence-electron chi connectivity index (χ2n) is 6.48. The van der Waals surface area contributed by atoms with Gasteiger partial charge in [0.15, 0.2) is 0 Å². The van der Waals surface area contributed by atoms with Crippen molar-refractivity contribution in [3.05, 3.63) is 96.2 Å². The van der Waals surface area contributed by atoms with Crippen LogP contribution in [-0.2, 0) is 10.0 Å². The Kier molecular flexibility index (Phi) is 5.32. The van der Waals surface area contributed by atoms with Gasteiger partial charge >= 0.3 is 0 Å². The fraction of sp³-hybridized carbons (Fsp3) is 0. The summed E-state index contributed by atoms with van der Waals surface area (Å²) in [6.45, 7) is 0. The van der Waals surface area contributed by atoms with Crippen molar-refractivity contribution in [1.29, 1.82) is 0 Å². The average molecular weight is 418 g/mol. The second-order valence-corrected chi connectivity index (χ2v) is 8.17. The van der Waals surface area contributed by atoms with Crippen molar-refractivity contribution >= 4 is 38.7 Å². The summed E-state index contributed by atoms with van der Waals surface area (Å²) in [5.74, 6) is -0.399. The van der Waals surface area contributed by atoms with Crippen LogP contribution in [0.2, 0.25) is 0 Å². The predicted octanol–water partition coefficient (Wildman–Crippen LogP) is 3.73. The number of fused-ring (bicyclic) bond motifs is 1. The van der Waals surface area contributed by atoms with Gasteiger partial charge in [-0.2, -0.15) is 5.10 Å². The number of carbonyl (C=O) groups excluding carboxylic acids is 1. The molecule has 30 heavy (non-hydrogen) atoms. The minimum absolute atomic E-state index is 0.165. The third-order valence-electron chi connectivity index (χ3n) is 4.44. The van der Waals surface area contributed by atoms with E-state index in [1.807, 2.05) is 30.5 Å². The van der Waals surface area contributed by atoms with Gasteiger partial charge in [0.1, 0.15) is 0 Å². The lowest BCUT2D eigenvalue weighted by Crippen LogP contribution is -2.18. The maximum Gasteiger partial charge on any atom is 0.271 e. The molecule has 4 rings (SSSR count). The van der Waals surface area contributed by atoms with Crippen molar-refractivity contribution in [3.63, 3.8) is 0 Å². The standard InChI is InChI=1S/C22H18N4O3S/c27-22(25-24-15-17-14-23-21-9-5-4-8-20(17)21)16-10-12-18(13-11-16)26-30(28,29)19-6-2-1-3-7-19/h1-15,23,26H,(H,25,27)/b24-15+. The Morgan fingerprint density at radius 3 is 2.37 bits per heavy atom. The van der Waals surface area contributed by atoms with Gasteiger partial charge in [-0.05, 0) is 42.5 Å².